The summed E-state index contributed by atoms with van der Waals surface area (Å²) in [5, 5.41) is 14.4. The van der Waals surface area contributed by atoms with Gasteiger partial charge in [0.1, 0.15) is 4.47 Å². The number of sulfonamides is 1. The van der Waals surface area contributed by atoms with Crippen LogP contribution in [0, 0.1) is 16.0 Å². The fraction of sp³-hybridized carbons (Fsp3) is 0.625. The minimum absolute atomic E-state index is 0.145. The van der Waals surface area contributed by atoms with Crippen molar-refractivity contribution >= 4 is 31.8 Å². The average molecular weight is 339 g/mol. The Balaban J connectivity index is 1.97. The van der Waals surface area contributed by atoms with Gasteiger partial charge in [0.15, 0.2) is 0 Å². The van der Waals surface area contributed by atoms with Crippen molar-refractivity contribution in [3.05, 3.63) is 20.8 Å². The van der Waals surface area contributed by atoms with Crippen LogP contribution in [0.5, 0.6) is 0 Å². The van der Waals surface area contributed by atoms with Crippen LogP contribution in [-0.2, 0) is 16.6 Å². The summed E-state index contributed by atoms with van der Waals surface area (Å²) >= 11 is 3.06. The number of nitro groups is 1. The van der Waals surface area contributed by atoms with Crippen LogP contribution >= 0.6 is 15.9 Å². The van der Waals surface area contributed by atoms with Gasteiger partial charge < -0.3 is 10.1 Å². The molecule has 0 atom stereocenters. The van der Waals surface area contributed by atoms with E-state index in [4.69, 9.17) is 0 Å². The standard InChI is InChI=1S/C8H11BrN4O4S/c1-18(16,17)12-3-6(4-12)2-11-5-7(9)8(10-11)13(14)15/h5-6H,2-4H2,1H3. The second-order valence-electron chi connectivity index (χ2n) is 4.23. The van der Waals surface area contributed by atoms with Gasteiger partial charge in [-0.25, -0.2) is 12.7 Å². The Morgan fingerprint density at radius 3 is 2.67 bits per heavy atom. The Bertz CT molecular complexity index is 578. The molecule has 0 N–H and O–H groups in total. The molecule has 1 aliphatic rings. The third kappa shape index (κ3) is 2.70. The van der Waals surface area contributed by atoms with Crippen LogP contribution in [-0.4, -0.2) is 46.8 Å². The summed E-state index contributed by atoms with van der Waals surface area (Å²) < 4.78 is 25.5. The molecule has 0 saturated carbocycles. The van der Waals surface area contributed by atoms with Crippen molar-refractivity contribution in [1.82, 2.24) is 14.1 Å². The second-order valence-corrected chi connectivity index (χ2v) is 7.06. The van der Waals surface area contributed by atoms with E-state index in [1.807, 2.05) is 0 Å². The summed E-state index contributed by atoms with van der Waals surface area (Å²) in [6, 6.07) is 0. The highest BCUT2D eigenvalue weighted by atomic mass is 79.9. The highest BCUT2D eigenvalue weighted by Gasteiger charge is 2.34. The summed E-state index contributed by atoms with van der Waals surface area (Å²) in [6.45, 7) is 1.34. The first kappa shape index (κ1) is 13.4. The van der Waals surface area contributed by atoms with Gasteiger partial charge in [0.05, 0.1) is 24.1 Å². The summed E-state index contributed by atoms with van der Waals surface area (Å²) in [6.07, 6.45) is 2.69. The molecule has 18 heavy (non-hydrogen) atoms. The zero-order chi connectivity index (χ0) is 13.5. The first-order valence-electron chi connectivity index (χ1n) is 5.10. The zero-order valence-corrected chi connectivity index (χ0v) is 11.9. The molecule has 1 aromatic rings. The lowest BCUT2D eigenvalue weighted by Crippen LogP contribution is -2.50. The van der Waals surface area contributed by atoms with Crippen molar-refractivity contribution in [2.24, 2.45) is 5.92 Å². The van der Waals surface area contributed by atoms with Gasteiger partial charge in [-0.3, -0.25) is 0 Å². The molecule has 0 aromatic carbocycles. The van der Waals surface area contributed by atoms with Crippen LogP contribution in [0.25, 0.3) is 0 Å². The molecule has 0 bridgehead atoms. The maximum absolute atomic E-state index is 11.2. The van der Waals surface area contributed by atoms with Crippen molar-refractivity contribution in [2.45, 2.75) is 6.54 Å². The van der Waals surface area contributed by atoms with E-state index < -0.39 is 14.9 Å². The predicted molar refractivity (Wildman–Crippen MR) is 66.5 cm³/mol. The number of hydrogen-bond acceptors (Lipinski definition) is 5. The van der Waals surface area contributed by atoms with Crippen molar-refractivity contribution in [2.75, 3.05) is 19.3 Å². The van der Waals surface area contributed by atoms with Gasteiger partial charge >= 0.3 is 5.82 Å². The van der Waals surface area contributed by atoms with E-state index >= 15 is 0 Å². The molecule has 1 aromatic heterocycles. The molecule has 0 aliphatic carbocycles. The molecule has 1 saturated heterocycles. The minimum atomic E-state index is -3.12. The number of rotatable bonds is 4. The summed E-state index contributed by atoms with van der Waals surface area (Å²) in [7, 11) is -3.12. The number of hydrogen-bond donors (Lipinski definition) is 0. The minimum Gasteiger partial charge on any atom is -0.358 e. The topological polar surface area (TPSA) is 98.3 Å². The van der Waals surface area contributed by atoms with Gasteiger partial charge in [0, 0.05) is 19.0 Å². The Morgan fingerprint density at radius 2 is 2.22 bits per heavy atom. The van der Waals surface area contributed by atoms with Crippen LogP contribution in [0.1, 0.15) is 0 Å². The smallest absolute Gasteiger partial charge is 0.358 e. The molecule has 0 amide bonds. The number of aromatic nitrogens is 2. The van der Waals surface area contributed by atoms with Crippen LogP contribution in [0.15, 0.2) is 10.7 Å². The summed E-state index contributed by atoms with van der Waals surface area (Å²) in [5.74, 6) is -0.0829. The summed E-state index contributed by atoms with van der Waals surface area (Å²) in [5.41, 5.74) is 0. The van der Waals surface area contributed by atoms with E-state index in [0.29, 0.717) is 24.1 Å². The molecular weight excluding hydrogens is 328 g/mol. The Hall–Kier alpha value is -1.00. The molecule has 1 fully saturated rings. The highest BCUT2D eigenvalue weighted by Crippen LogP contribution is 2.25. The lowest BCUT2D eigenvalue weighted by atomic mass is 10.0. The van der Waals surface area contributed by atoms with Crippen LogP contribution in [0.3, 0.4) is 0 Å². The highest BCUT2D eigenvalue weighted by molar-refractivity contribution is 9.10. The fourth-order valence-electron chi connectivity index (χ4n) is 1.78. The van der Waals surface area contributed by atoms with Crippen LogP contribution in [0.4, 0.5) is 5.82 Å². The van der Waals surface area contributed by atoms with Gasteiger partial charge in [-0.15, -0.1) is 0 Å². The summed E-state index contributed by atoms with van der Waals surface area (Å²) in [4.78, 5) is 10.0. The molecule has 100 valence electrons. The molecule has 0 unspecified atom stereocenters. The molecule has 8 nitrogen and oxygen atoms in total. The third-order valence-electron chi connectivity index (χ3n) is 2.71. The van der Waals surface area contributed by atoms with E-state index in [1.165, 1.54) is 21.4 Å². The van der Waals surface area contributed by atoms with Crippen molar-refractivity contribution in [3.8, 4) is 0 Å². The fourth-order valence-corrected chi connectivity index (χ4v) is 3.20. The number of halogens is 1. The zero-order valence-electron chi connectivity index (χ0n) is 9.48. The monoisotopic (exact) mass is 338 g/mol. The van der Waals surface area contributed by atoms with Crippen molar-refractivity contribution in [3.63, 3.8) is 0 Å². The Labute approximate surface area is 112 Å². The van der Waals surface area contributed by atoms with Gasteiger partial charge in [-0.05, 0) is 20.9 Å². The molecule has 0 spiro atoms. The molecule has 2 rings (SSSR count). The van der Waals surface area contributed by atoms with Gasteiger partial charge in [0.2, 0.25) is 10.0 Å². The normalized spacial score (nSPS) is 17.7. The average Bonchev–Trinajstić information content (AvgIpc) is 2.50. The van der Waals surface area contributed by atoms with E-state index in [1.54, 1.807) is 0 Å². The second kappa shape index (κ2) is 4.59. The van der Waals surface area contributed by atoms with Crippen molar-refractivity contribution < 1.29 is 13.3 Å². The van der Waals surface area contributed by atoms with E-state index in [-0.39, 0.29) is 11.7 Å². The third-order valence-corrected chi connectivity index (χ3v) is 4.51. The van der Waals surface area contributed by atoms with Crippen LogP contribution in [0.2, 0.25) is 0 Å². The molecule has 2 heterocycles. The molecule has 1 aliphatic heterocycles. The predicted octanol–water partition coefficient (Wildman–Crippen LogP) is 0.445. The Kier molecular flexibility index (Phi) is 3.43. The van der Waals surface area contributed by atoms with Crippen molar-refractivity contribution in [1.29, 1.82) is 0 Å². The maximum atomic E-state index is 11.2. The quantitative estimate of drug-likeness (QED) is 0.586. The van der Waals surface area contributed by atoms with Gasteiger partial charge in [-0.2, -0.15) is 4.68 Å². The first-order chi connectivity index (χ1) is 8.27. The lowest BCUT2D eigenvalue weighted by molar-refractivity contribution is -0.390. The van der Waals surface area contributed by atoms with Crippen LogP contribution < -0.4 is 0 Å². The lowest BCUT2D eigenvalue weighted by Gasteiger charge is -2.36. The molecular formula is C8H11BrN4O4S. The molecule has 0 radical (unpaired) electrons. The maximum Gasteiger partial charge on any atom is 0.404 e. The first-order valence-corrected chi connectivity index (χ1v) is 7.74. The SMILES string of the molecule is CS(=O)(=O)N1CC(Cn2cc(Br)c([N+](=O)[O-])n2)C1. The Morgan fingerprint density at radius 1 is 1.61 bits per heavy atom. The largest absolute Gasteiger partial charge is 0.404 e. The van der Waals surface area contributed by atoms with E-state index in [0.717, 1.165) is 0 Å². The molecule has 10 heteroatoms. The van der Waals surface area contributed by atoms with Gasteiger partial charge in [0.25, 0.3) is 0 Å². The number of nitrogens with zero attached hydrogens (tertiary/aromatic N) is 4. The van der Waals surface area contributed by atoms with E-state index in [9.17, 15) is 18.5 Å². The van der Waals surface area contributed by atoms with E-state index in [2.05, 4.69) is 21.0 Å². The van der Waals surface area contributed by atoms with Gasteiger partial charge in [-0.1, -0.05) is 0 Å².